The minimum atomic E-state index is -0.0641. The highest BCUT2D eigenvalue weighted by molar-refractivity contribution is 8.26. The summed E-state index contributed by atoms with van der Waals surface area (Å²) in [5.41, 5.74) is 4.60. The Labute approximate surface area is 197 Å². The van der Waals surface area contributed by atoms with Crippen molar-refractivity contribution < 1.29 is 9.53 Å². The molecule has 3 aromatic rings. The Kier molecular flexibility index (Phi) is 6.58. The van der Waals surface area contributed by atoms with E-state index < -0.39 is 0 Å². The minimum Gasteiger partial charge on any atom is -0.490 e. The van der Waals surface area contributed by atoms with Gasteiger partial charge in [-0.15, -0.1) is 0 Å². The quantitative estimate of drug-likeness (QED) is 0.259. The first-order valence-corrected chi connectivity index (χ1v) is 11.5. The Balaban J connectivity index is 1.81. The van der Waals surface area contributed by atoms with Gasteiger partial charge in [0.05, 0.1) is 10.6 Å². The van der Waals surface area contributed by atoms with Gasteiger partial charge >= 0.3 is 0 Å². The van der Waals surface area contributed by atoms with Crippen molar-refractivity contribution in [3.63, 3.8) is 0 Å². The molecule has 0 aliphatic carbocycles. The van der Waals surface area contributed by atoms with Crippen LogP contribution in [-0.4, -0.2) is 38.1 Å². The van der Waals surface area contributed by atoms with E-state index in [1.54, 1.807) is 11.0 Å². The molecular weight excluding hydrogens is 438 g/mol. The Bertz CT molecular complexity index is 1220. The summed E-state index contributed by atoms with van der Waals surface area (Å²) in [4.78, 5) is 15.0. The van der Waals surface area contributed by atoms with Crippen LogP contribution in [0.2, 0.25) is 0 Å². The number of benzene rings is 2. The summed E-state index contributed by atoms with van der Waals surface area (Å²) in [6, 6.07) is 15.8. The lowest BCUT2D eigenvalue weighted by atomic mass is 10.0. The number of aromatic nitrogens is 2. The highest BCUT2D eigenvalue weighted by Crippen LogP contribution is 2.36. The molecule has 0 atom stereocenters. The molecular formula is C25H23N3O2S2. The van der Waals surface area contributed by atoms with Gasteiger partial charge in [-0.25, -0.2) is 4.68 Å². The predicted octanol–water partition coefficient (Wildman–Crippen LogP) is 5.63. The predicted molar refractivity (Wildman–Crippen MR) is 135 cm³/mol. The molecule has 0 radical (unpaired) electrons. The average Bonchev–Trinajstić information content (AvgIpc) is 3.33. The Morgan fingerprint density at radius 3 is 2.66 bits per heavy atom. The van der Waals surface area contributed by atoms with Crippen LogP contribution >= 0.6 is 24.0 Å². The second-order valence-electron chi connectivity index (χ2n) is 7.22. The first-order valence-electron chi connectivity index (χ1n) is 10.3. The maximum Gasteiger partial charge on any atom is 0.266 e. The van der Waals surface area contributed by atoms with Crippen molar-refractivity contribution in [2.45, 2.75) is 13.8 Å². The number of thiocarbonyl (C=S) groups is 1. The SMILES string of the molecule is C=CCOc1ccc(-c2nn(-c3ccccc3)cc2/C=C2/SC(=S)N(CC)C2=O)c(C)c1. The van der Waals surface area contributed by atoms with E-state index in [-0.39, 0.29) is 5.91 Å². The van der Waals surface area contributed by atoms with Crippen LogP contribution in [0.25, 0.3) is 23.0 Å². The molecule has 0 N–H and O–H groups in total. The fraction of sp³-hybridized carbons (Fsp3) is 0.160. The van der Waals surface area contributed by atoms with Gasteiger partial charge in [-0.05, 0) is 55.8 Å². The lowest BCUT2D eigenvalue weighted by Gasteiger charge is -2.09. The third-order valence-electron chi connectivity index (χ3n) is 5.06. The Morgan fingerprint density at radius 2 is 2.00 bits per heavy atom. The third kappa shape index (κ3) is 4.40. The molecule has 1 aromatic heterocycles. The monoisotopic (exact) mass is 461 g/mol. The molecule has 2 aromatic carbocycles. The number of ether oxygens (including phenoxy) is 1. The summed E-state index contributed by atoms with van der Waals surface area (Å²) < 4.78 is 8.09. The van der Waals surface area contributed by atoms with Crippen molar-refractivity contribution in [2.75, 3.05) is 13.2 Å². The van der Waals surface area contributed by atoms with E-state index in [4.69, 9.17) is 22.1 Å². The van der Waals surface area contributed by atoms with Crippen molar-refractivity contribution >= 4 is 40.3 Å². The molecule has 1 saturated heterocycles. The first kappa shape index (κ1) is 22.0. The van der Waals surface area contributed by atoms with Crippen LogP contribution in [0.3, 0.4) is 0 Å². The summed E-state index contributed by atoms with van der Waals surface area (Å²) in [7, 11) is 0. The van der Waals surface area contributed by atoms with Gasteiger partial charge in [0.15, 0.2) is 0 Å². The molecule has 0 spiro atoms. The number of hydrogen-bond donors (Lipinski definition) is 0. The zero-order valence-corrected chi connectivity index (χ0v) is 19.6. The fourth-order valence-corrected chi connectivity index (χ4v) is 4.85. The van der Waals surface area contributed by atoms with Crippen LogP contribution < -0.4 is 4.74 Å². The van der Waals surface area contributed by atoms with Crippen molar-refractivity contribution in [1.82, 2.24) is 14.7 Å². The number of likely N-dealkylation sites (N-methyl/N-ethyl adjacent to an activating group) is 1. The zero-order valence-electron chi connectivity index (χ0n) is 17.9. The van der Waals surface area contributed by atoms with Crippen molar-refractivity contribution in [3.05, 3.63) is 83.4 Å². The van der Waals surface area contributed by atoms with E-state index in [1.807, 2.05) is 79.3 Å². The summed E-state index contributed by atoms with van der Waals surface area (Å²) in [6.07, 6.45) is 5.55. The summed E-state index contributed by atoms with van der Waals surface area (Å²) in [5, 5.41) is 4.88. The number of amides is 1. The molecule has 1 aliphatic heterocycles. The molecule has 4 rings (SSSR count). The molecule has 1 aliphatic rings. The maximum atomic E-state index is 12.8. The third-order valence-corrected chi connectivity index (χ3v) is 6.44. The van der Waals surface area contributed by atoms with Gasteiger partial charge in [-0.1, -0.05) is 54.8 Å². The second-order valence-corrected chi connectivity index (χ2v) is 8.89. The first-order chi connectivity index (χ1) is 15.5. The van der Waals surface area contributed by atoms with E-state index in [1.165, 1.54) is 11.8 Å². The van der Waals surface area contributed by atoms with Crippen LogP contribution in [-0.2, 0) is 4.79 Å². The summed E-state index contributed by atoms with van der Waals surface area (Å²) in [5.74, 6) is 0.713. The van der Waals surface area contributed by atoms with Gasteiger partial charge < -0.3 is 4.74 Å². The maximum absolute atomic E-state index is 12.8. The van der Waals surface area contributed by atoms with Gasteiger partial charge in [0.1, 0.15) is 22.4 Å². The van der Waals surface area contributed by atoms with Crippen LogP contribution in [0, 0.1) is 6.92 Å². The second kappa shape index (κ2) is 9.54. The van der Waals surface area contributed by atoms with Crippen LogP contribution in [0.15, 0.2) is 72.3 Å². The lowest BCUT2D eigenvalue weighted by Crippen LogP contribution is -2.27. The molecule has 5 nitrogen and oxygen atoms in total. The number of para-hydroxylation sites is 1. The molecule has 32 heavy (non-hydrogen) atoms. The number of aryl methyl sites for hydroxylation is 1. The van der Waals surface area contributed by atoms with E-state index >= 15 is 0 Å². The van der Waals surface area contributed by atoms with Gasteiger partial charge in [-0.3, -0.25) is 9.69 Å². The lowest BCUT2D eigenvalue weighted by molar-refractivity contribution is -0.121. The molecule has 1 fully saturated rings. The van der Waals surface area contributed by atoms with Gasteiger partial charge in [-0.2, -0.15) is 5.10 Å². The van der Waals surface area contributed by atoms with E-state index in [2.05, 4.69) is 6.58 Å². The number of hydrogen-bond acceptors (Lipinski definition) is 5. The van der Waals surface area contributed by atoms with Crippen LogP contribution in [0.4, 0.5) is 0 Å². The van der Waals surface area contributed by atoms with Crippen molar-refractivity contribution in [1.29, 1.82) is 0 Å². The number of carbonyl (C=O) groups is 1. The van der Waals surface area contributed by atoms with Crippen molar-refractivity contribution in [3.8, 4) is 22.7 Å². The topological polar surface area (TPSA) is 47.4 Å². The standard InChI is InChI=1S/C25H23N3O2S2/c1-4-13-30-20-11-12-21(17(3)14-20)23-18(15-22-24(29)27(5-2)25(31)32-22)16-28(26-23)19-9-7-6-8-10-19/h4,6-12,14-16H,1,5,13H2,2-3H3/b22-15+. The fourth-order valence-electron chi connectivity index (χ4n) is 3.48. The zero-order chi connectivity index (χ0) is 22.7. The molecule has 1 amide bonds. The summed E-state index contributed by atoms with van der Waals surface area (Å²) >= 11 is 6.70. The van der Waals surface area contributed by atoms with E-state index in [9.17, 15) is 4.79 Å². The van der Waals surface area contributed by atoms with Crippen LogP contribution in [0.1, 0.15) is 18.1 Å². The normalized spacial score (nSPS) is 14.9. The number of thioether (sulfide) groups is 1. The van der Waals surface area contributed by atoms with E-state index in [0.29, 0.717) is 22.4 Å². The Morgan fingerprint density at radius 1 is 1.22 bits per heavy atom. The number of rotatable bonds is 7. The van der Waals surface area contributed by atoms with Gasteiger partial charge in [0, 0.05) is 23.9 Å². The van der Waals surface area contributed by atoms with Crippen molar-refractivity contribution in [2.24, 2.45) is 0 Å². The molecule has 2 heterocycles. The number of carbonyl (C=O) groups excluding carboxylic acids is 1. The molecule has 0 bridgehead atoms. The average molecular weight is 462 g/mol. The van der Waals surface area contributed by atoms with Crippen LogP contribution in [0.5, 0.6) is 5.75 Å². The summed E-state index contributed by atoms with van der Waals surface area (Å²) in [6.45, 7) is 8.65. The molecule has 0 saturated carbocycles. The molecule has 162 valence electrons. The van der Waals surface area contributed by atoms with Gasteiger partial charge in [0.25, 0.3) is 5.91 Å². The molecule has 0 unspecified atom stereocenters. The van der Waals surface area contributed by atoms with E-state index in [0.717, 1.165) is 33.8 Å². The molecule has 7 heteroatoms. The highest BCUT2D eigenvalue weighted by atomic mass is 32.2. The highest BCUT2D eigenvalue weighted by Gasteiger charge is 2.31. The van der Waals surface area contributed by atoms with Gasteiger partial charge in [0.2, 0.25) is 0 Å². The largest absolute Gasteiger partial charge is 0.490 e. The minimum absolute atomic E-state index is 0.0641. The smallest absolute Gasteiger partial charge is 0.266 e. The Hall–Kier alpha value is -3.16. The number of nitrogens with zero attached hydrogens (tertiary/aromatic N) is 3.